The highest BCUT2D eigenvalue weighted by molar-refractivity contribution is 5.03. The van der Waals surface area contributed by atoms with E-state index in [0.29, 0.717) is 11.5 Å². The van der Waals surface area contributed by atoms with E-state index >= 15 is 0 Å². The highest BCUT2D eigenvalue weighted by Crippen LogP contribution is 2.48. The summed E-state index contributed by atoms with van der Waals surface area (Å²) in [7, 11) is 0. The molecule has 1 aliphatic heterocycles. The smallest absolute Gasteiger partial charge is 0.0153 e. The van der Waals surface area contributed by atoms with E-state index in [1.165, 1.54) is 38.9 Å². The molecule has 1 N–H and O–H groups in total. The van der Waals surface area contributed by atoms with Crippen molar-refractivity contribution in [1.82, 2.24) is 10.2 Å². The van der Waals surface area contributed by atoms with Gasteiger partial charge < -0.3 is 5.32 Å². The first-order valence-corrected chi connectivity index (χ1v) is 6.07. The molecule has 0 aromatic carbocycles. The number of hydrogen-bond donors (Lipinski definition) is 1. The van der Waals surface area contributed by atoms with Gasteiger partial charge in [0.2, 0.25) is 0 Å². The van der Waals surface area contributed by atoms with E-state index in [1.54, 1.807) is 0 Å². The number of hydrogen-bond acceptors (Lipinski definition) is 2. The Morgan fingerprint density at radius 2 is 2.00 bits per heavy atom. The quantitative estimate of drug-likeness (QED) is 0.688. The van der Waals surface area contributed by atoms with Gasteiger partial charge >= 0.3 is 0 Å². The molecule has 0 amide bonds. The normalized spacial score (nSPS) is 38.8. The molecule has 0 aromatic rings. The molecule has 14 heavy (non-hydrogen) atoms. The number of nitrogens with one attached hydrogen (secondary N) is 1. The fourth-order valence-electron chi connectivity index (χ4n) is 2.58. The van der Waals surface area contributed by atoms with Crippen LogP contribution in [-0.4, -0.2) is 36.6 Å². The van der Waals surface area contributed by atoms with Gasteiger partial charge in [-0.1, -0.05) is 13.8 Å². The van der Waals surface area contributed by atoms with E-state index in [2.05, 4.69) is 31.0 Å². The number of rotatable bonds is 1. The lowest BCUT2D eigenvalue weighted by Crippen LogP contribution is -2.40. The molecule has 1 aliphatic carbocycles. The Labute approximate surface area is 88.1 Å². The predicted molar refractivity (Wildman–Crippen MR) is 60.5 cm³/mol. The predicted octanol–water partition coefficient (Wildman–Crippen LogP) is 1.86. The van der Waals surface area contributed by atoms with Crippen LogP contribution < -0.4 is 5.32 Å². The molecule has 1 heterocycles. The van der Waals surface area contributed by atoms with Gasteiger partial charge in [-0.15, -0.1) is 0 Å². The van der Waals surface area contributed by atoms with Gasteiger partial charge in [-0.2, -0.15) is 0 Å². The second kappa shape index (κ2) is 3.82. The van der Waals surface area contributed by atoms with Gasteiger partial charge in [-0.25, -0.2) is 0 Å². The molecule has 2 nitrogen and oxygen atoms in total. The lowest BCUT2D eigenvalue weighted by atomic mass is 10.1. The van der Waals surface area contributed by atoms with E-state index in [0.717, 1.165) is 6.04 Å². The van der Waals surface area contributed by atoms with Gasteiger partial charge in [-0.05, 0) is 51.2 Å². The Hall–Kier alpha value is -0.0800. The average Bonchev–Trinajstić information content (AvgIpc) is 2.69. The van der Waals surface area contributed by atoms with Crippen molar-refractivity contribution >= 4 is 0 Å². The maximum Gasteiger partial charge on any atom is 0.0153 e. The highest BCUT2D eigenvalue weighted by atomic mass is 15.2. The third kappa shape index (κ3) is 2.29. The van der Waals surface area contributed by atoms with Gasteiger partial charge in [0.05, 0.1) is 0 Å². The summed E-state index contributed by atoms with van der Waals surface area (Å²) < 4.78 is 0. The lowest BCUT2D eigenvalue weighted by Gasteiger charge is -2.29. The lowest BCUT2D eigenvalue weighted by molar-refractivity contribution is 0.207. The van der Waals surface area contributed by atoms with Gasteiger partial charge in [0.1, 0.15) is 0 Å². The number of nitrogens with zero attached hydrogens (tertiary/aromatic N) is 1. The van der Waals surface area contributed by atoms with Crippen molar-refractivity contribution < 1.29 is 0 Å². The van der Waals surface area contributed by atoms with Crippen molar-refractivity contribution in [2.24, 2.45) is 5.41 Å². The molecule has 1 saturated heterocycles. The fourth-order valence-corrected chi connectivity index (χ4v) is 2.58. The minimum absolute atomic E-state index is 0.607. The molecule has 1 saturated carbocycles. The summed E-state index contributed by atoms with van der Waals surface area (Å²) >= 11 is 0. The SMILES string of the molecule is CC1CCN(C2CC2(C)C)CCCN1. The Kier molecular flexibility index (Phi) is 2.85. The monoisotopic (exact) mass is 196 g/mol. The van der Waals surface area contributed by atoms with Crippen LogP contribution in [0.15, 0.2) is 0 Å². The van der Waals surface area contributed by atoms with Crippen molar-refractivity contribution in [3.8, 4) is 0 Å². The second-order valence-electron chi connectivity index (χ2n) is 5.74. The molecule has 0 radical (unpaired) electrons. The van der Waals surface area contributed by atoms with Crippen LogP contribution in [0, 0.1) is 5.41 Å². The largest absolute Gasteiger partial charge is 0.314 e. The minimum Gasteiger partial charge on any atom is -0.314 e. The first-order valence-electron chi connectivity index (χ1n) is 6.07. The van der Waals surface area contributed by atoms with E-state index in [9.17, 15) is 0 Å². The standard InChI is InChI=1S/C12H24N2/c1-10-5-8-14(7-4-6-13-10)11-9-12(11,2)3/h10-11,13H,4-9H2,1-3H3. The summed E-state index contributed by atoms with van der Waals surface area (Å²) in [6.45, 7) is 10.9. The second-order valence-corrected chi connectivity index (χ2v) is 5.74. The van der Waals surface area contributed by atoms with Gasteiger partial charge in [0.15, 0.2) is 0 Å². The Balaban J connectivity index is 1.86. The molecule has 2 heteroatoms. The fraction of sp³-hybridized carbons (Fsp3) is 1.00. The average molecular weight is 196 g/mol. The van der Waals surface area contributed by atoms with Crippen LogP contribution in [0.4, 0.5) is 0 Å². The molecule has 0 spiro atoms. The summed E-state index contributed by atoms with van der Waals surface area (Å²) in [4.78, 5) is 2.72. The zero-order valence-electron chi connectivity index (χ0n) is 9.84. The van der Waals surface area contributed by atoms with Crippen LogP contribution in [0.5, 0.6) is 0 Å². The Morgan fingerprint density at radius 1 is 1.29 bits per heavy atom. The van der Waals surface area contributed by atoms with Crippen LogP contribution >= 0.6 is 0 Å². The molecule has 0 bridgehead atoms. The summed E-state index contributed by atoms with van der Waals surface area (Å²) in [5.74, 6) is 0. The van der Waals surface area contributed by atoms with Crippen molar-refractivity contribution in [3.63, 3.8) is 0 Å². The highest BCUT2D eigenvalue weighted by Gasteiger charge is 2.48. The zero-order chi connectivity index (χ0) is 10.2. The van der Waals surface area contributed by atoms with Crippen molar-refractivity contribution in [2.45, 2.75) is 52.1 Å². The first-order chi connectivity index (χ1) is 6.59. The minimum atomic E-state index is 0.607. The molecule has 2 fully saturated rings. The van der Waals surface area contributed by atoms with Crippen LogP contribution in [0.2, 0.25) is 0 Å². The van der Waals surface area contributed by atoms with Crippen molar-refractivity contribution in [1.29, 1.82) is 0 Å². The van der Waals surface area contributed by atoms with Crippen LogP contribution in [0.1, 0.15) is 40.0 Å². The van der Waals surface area contributed by atoms with Crippen LogP contribution in [0.25, 0.3) is 0 Å². The Morgan fingerprint density at radius 3 is 2.64 bits per heavy atom. The Bertz CT molecular complexity index is 200. The molecule has 2 aliphatic rings. The summed E-state index contributed by atoms with van der Waals surface area (Å²) in [5.41, 5.74) is 0.607. The van der Waals surface area contributed by atoms with E-state index in [1.807, 2.05) is 0 Å². The van der Waals surface area contributed by atoms with Crippen molar-refractivity contribution in [2.75, 3.05) is 19.6 Å². The maximum atomic E-state index is 3.56. The van der Waals surface area contributed by atoms with E-state index in [-0.39, 0.29) is 0 Å². The van der Waals surface area contributed by atoms with Crippen LogP contribution in [0.3, 0.4) is 0 Å². The van der Waals surface area contributed by atoms with Gasteiger partial charge in [0, 0.05) is 12.1 Å². The topological polar surface area (TPSA) is 15.3 Å². The zero-order valence-corrected chi connectivity index (χ0v) is 9.84. The molecule has 2 unspecified atom stereocenters. The van der Waals surface area contributed by atoms with Crippen LogP contribution in [-0.2, 0) is 0 Å². The molecule has 82 valence electrons. The van der Waals surface area contributed by atoms with Gasteiger partial charge in [0.25, 0.3) is 0 Å². The third-order valence-corrected chi connectivity index (χ3v) is 3.87. The summed E-state index contributed by atoms with van der Waals surface area (Å²) in [5, 5.41) is 3.56. The van der Waals surface area contributed by atoms with Gasteiger partial charge in [-0.3, -0.25) is 4.90 Å². The van der Waals surface area contributed by atoms with Crippen molar-refractivity contribution in [3.05, 3.63) is 0 Å². The summed E-state index contributed by atoms with van der Waals surface area (Å²) in [6, 6.07) is 1.59. The molecular formula is C12H24N2. The molecule has 0 aromatic heterocycles. The van der Waals surface area contributed by atoms with E-state index in [4.69, 9.17) is 0 Å². The molecule has 2 rings (SSSR count). The maximum absolute atomic E-state index is 3.56. The summed E-state index contributed by atoms with van der Waals surface area (Å²) in [6.07, 6.45) is 4.04. The van der Waals surface area contributed by atoms with E-state index < -0.39 is 0 Å². The molecular weight excluding hydrogens is 172 g/mol. The first kappa shape index (κ1) is 10.4. The third-order valence-electron chi connectivity index (χ3n) is 3.87. The molecule has 2 atom stereocenters.